The highest BCUT2D eigenvalue weighted by atomic mass is 16.5. The van der Waals surface area contributed by atoms with Gasteiger partial charge in [0.1, 0.15) is 23.8 Å². The normalized spacial score (nSPS) is 20.1. The van der Waals surface area contributed by atoms with E-state index in [9.17, 15) is 4.79 Å². The molecule has 204 valence electrons. The van der Waals surface area contributed by atoms with Crippen molar-refractivity contribution in [3.05, 3.63) is 41.9 Å². The molecule has 3 aliphatic rings. The monoisotopic (exact) mass is 527 g/mol. The highest BCUT2D eigenvalue weighted by molar-refractivity contribution is 5.93. The van der Waals surface area contributed by atoms with Crippen molar-refractivity contribution in [3.63, 3.8) is 0 Å². The van der Waals surface area contributed by atoms with Gasteiger partial charge in [-0.05, 0) is 82.2 Å². The van der Waals surface area contributed by atoms with Crippen LogP contribution in [0.5, 0.6) is 6.01 Å². The lowest BCUT2D eigenvalue weighted by atomic mass is 9.89. The van der Waals surface area contributed by atoms with Crippen molar-refractivity contribution in [3.8, 4) is 18.4 Å². The predicted octanol–water partition coefficient (Wildman–Crippen LogP) is 3.74. The molecule has 3 fully saturated rings. The Labute approximate surface area is 229 Å². The van der Waals surface area contributed by atoms with Crippen molar-refractivity contribution in [2.45, 2.75) is 57.4 Å². The zero-order valence-electron chi connectivity index (χ0n) is 22.7. The number of nitrogens with zero attached hydrogens (tertiary/aromatic N) is 5. The molecule has 1 aliphatic carbocycles. The van der Waals surface area contributed by atoms with Crippen LogP contribution in [0.2, 0.25) is 0 Å². The van der Waals surface area contributed by atoms with Gasteiger partial charge in [-0.2, -0.15) is 9.97 Å². The minimum Gasteiger partial charge on any atom is -0.462 e. The number of likely N-dealkylation sites (tertiary alicyclic amines) is 1. The number of fused-ring (bicyclic) bond motifs is 1. The summed E-state index contributed by atoms with van der Waals surface area (Å²) in [5.41, 5.74) is 2.36. The number of hydrogen-bond donors (Lipinski definition) is 2. The number of hydrogen-bond acceptors (Lipinski definition) is 7. The first-order chi connectivity index (χ1) is 19.0. The fourth-order valence-electron chi connectivity index (χ4n) is 5.87. The summed E-state index contributed by atoms with van der Waals surface area (Å²) >= 11 is 0. The largest absolute Gasteiger partial charge is 0.462 e. The van der Waals surface area contributed by atoms with Gasteiger partial charge < -0.3 is 24.8 Å². The van der Waals surface area contributed by atoms with Crippen LogP contribution in [-0.4, -0.2) is 76.1 Å². The van der Waals surface area contributed by atoms with Crippen molar-refractivity contribution in [1.29, 1.82) is 0 Å². The smallest absolute Gasteiger partial charge is 0.319 e. The van der Waals surface area contributed by atoms with Gasteiger partial charge in [0.2, 0.25) is 0 Å². The van der Waals surface area contributed by atoms with Gasteiger partial charge in [-0.25, -0.2) is 4.98 Å². The second-order valence-electron chi connectivity index (χ2n) is 11.4. The summed E-state index contributed by atoms with van der Waals surface area (Å²) in [6.45, 7) is 7.11. The molecule has 2 aliphatic heterocycles. The van der Waals surface area contributed by atoms with Crippen molar-refractivity contribution in [1.82, 2.24) is 30.2 Å². The summed E-state index contributed by atoms with van der Waals surface area (Å²) in [7, 11) is 0. The number of terminal acetylenes is 1. The molecule has 1 saturated carbocycles. The number of H-pyrrole nitrogens is 1. The highest BCUT2D eigenvalue weighted by Crippen LogP contribution is 2.45. The van der Waals surface area contributed by atoms with Crippen molar-refractivity contribution >= 4 is 22.8 Å². The Morgan fingerprint density at radius 1 is 1.26 bits per heavy atom. The molecular weight excluding hydrogens is 490 g/mol. The Hall–Kier alpha value is -3.64. The lowest BCUT2D eigenvalue weighted by molar-refractivity contribution is 0.0925. The van der Waals surface area contributed by atoms with Gasteiger partial charge in [-0.15, -0.1) is 6.42 Å². The molecule has 0 unspecified atom stereocenters. The number of carbonyl (C=O) groups excluding carboxylic acids is 1. The molecule has 9 nitrogen and oxygen atoms in total. The molecule has 9 heteroatoms. The van der Waals surface area contributed by atoms with Gasteiger partial charge >= 0.3 is 6.01 Å². The summed E-state index contributed by atoms with van der Waals surface area (Å²) in [5.74, 6) is 3.81. The summed E-state index contributed by atoms with van der Waals surface area (Å²) < 4.78 is 6.00. The number of amides is 1. The van der Waals surface area contributed by atoms with Crippen LogP contribution in [0.15, 0.2) is 30.6 Å². The fraction of sp³-hybridized carbons (Fsp3) is 0.533. The van der Waals surface area contributed by atoms with E-state index in [0.29, 0.717) is 18.2 Å². The average molecular weight is 528 g/mol. The first-order valence-corrected chi connectivity index (χ1v) is 14.2. The number of ether oxygens (including phenoxy) is 1. The molecule has 0 aromatic carbocycles. The maximum atomic E-state index is 13.3. The Balaban J connectivity index is 1.17. The first kappa shape index (κ1) is 25.6. The molecule has 3 aromatic rings. The number of aromatic nitrogens is 4. The van der Waals surface area contributed by atoms with Crippen molar-refractivity contribution < 1.29 is 9.53 Å². The van der Waals surface area contributed by atoms with Crippen LogP contribution in [0.1, 0.15) is 67.4 Å². The number of carbonyl (C=O) groups is 1. The molecular formula is C30H37N7O2. The van der Waals surface area contributed by atoms with Gasteiger partial charge in [-0.3, -0.25) is 4.79 Å². The molecule has 5 heterocycles. The minimum absolute atomic E-state index is 0.0240. The third kappa shape index (κ3) is 5.71. The number of aromatic amines is 1. The molecule has 2 N–H and O–H groups in total. The molecule has 6 rings (SSSR count). The van der Waals surface area contributed by atoms with Crippen LogP contribution in [0, 0.1) is 17.8 Å². The van der Waals surface area contributed by atoms with Crippen molar-refractivity contribution in [2.75, 3.05) is 44.2 Å². The van der Waals surface area contributed by atoms with Crippen LogP contribution in [-0.2, 0) is 0 Å². The molecule has 0 radical (unpaired) electrons. The van der Waals surface area contributed by atoms with Crippen LogP contribution >= 0.6 is 0 Å². The van der Waals surface area contributed by atoms with E-state index in [-0.39, 0.29) is 23.4 Å². The van der Waals surface area contributed by atoms with E-state index in [0.717, 1.165) is 69.9 Å². The topological polar surface area (TPSA) is 99.3 Å². The number of piperidine rings is 1. The van der Waals surface area contributed by atoms with Gasteiger partial charge in [-0.1, -0.05) is 5.92 Å². The maximum Gasteiger partial charge on any atom is 0.319 e. The summed E-state index contributed by atoms with van der Waals surface area (Å²) in [6.07, 6.45) is 15.9. The zero-order valence-corrected chi connectivity index (χ0v) is 22.7. The van der Waals surface area contributed by atoms with E-state index < -0.39 is 0 Å². The van der Waals surface area contributed by atoms with E-state index in [1.165, 1.54) is 23.8 Å². The number of nitrogens with one attached hydrogen (secondary N) is 2. The van der Waals surface area contributed by atoms with E-state index in [1.54, 1.807) is 6.07 Å². The third-order valence-electron chi connectivity index (χ3n) is 8.41. The van der Waals surface area contributed by atoms with E-state index in [4.69, 9.17) is 16.1 Å². The average Bonchev–Trinajstić information content (AvgIpc) is 3.33. The maximum absolute atomic E-state index is 13.3. The quantitative estimate of drug-likeness (QED) is 0.409. The van der Waals surface area contributed by atoms with Gasteiger partial charge in [0.05, 0.1) is 5.41 Å². The molecule has 1 amide bonds. The number of anilines is 1. The standard InChI is InChI=1S/C30H37N7O2/c1-3-30(10-11-30)20-39-29-34-25(28(38)33-21(2)19-36-13-4-5-14-36)17-26(35-29)37-15-8-22(9-16-37)24-18-32-27-23(24)7-6-12-31-27/h1,6-7,12,17-18,21-22H,4-5,8-11,13-16,19-20H2,2H3,(H,31,32)(H,33,38)/t21-/m1/s1. The Morgan fingerprint density at radius 3 is 2.79 bits per heavy atom. The summed E-state index contributed by atoms with van der Waals surface area (Å²) in [4.78, 5) is 34.9. The molecule has 39 heavy (non-hydrogen) atoms. The number of rotatable bonds is 9. The minimum atomic E-state index is -0.224. The first-order valence-electron chi connectivity index (χ1n) is 14.2. The number of pyridine rings is 1. The molecule has 1 atom stereocenters. The highest BCUT2D eigenvalue weighted by Gasteiger charge is 2.42. The van der Waals surface area contributed by atoms with E-state index in [1.807, 2.05) is 19.2 Å². The van der Waals surface area contributed by atoms with Crippen LogP contribution < -0.4 is 15.0 Å². The molecule has 3 aromatic heterocycles. The second kappa shape index (κ2) is 10.9. The van der Waals surface area contributed by atoms with Crippen LogP contribution in [0.3, 0.4) is 0 Å². The molecule has 0 spiro atoms. The SMILES string of the molecule is C#CC1(COc2nc(C(=O)N[C@H](C)CN3CCCC3)cc(N3CCC(c4c[nH]c5ncccc45)CC3)n2)CC1. The zero-order chi connectivity index (χ0) is 26.8. The Bertz CT molecular complexity index is 1360. The summed E-state index contributed by atoms with van der Waals surface area (Å²) in [5, 5.41) is 4.32. The predicted molar refractivity (Wildman–Crippen MR) is 151 cm³/mol. The second-order valence-corrected chi connectivity index (χ2v) is 11.4. The Kier molecular flexibility index (Phi) is 7.13. The fourth-order valence-corrected chi connectivity index (χ4v) is 5.87. The third-order valence-corrected chi connectivity index (χ3v) is 8.41. The van der Waals surface area contributed by atoms with E-state index in [2.05, 4.69) is 48.3 Å². The van der Waals surface area contributed by atoms with Crippen LogP contribution in [0.25, 0.3) is 11.0 Å². The van der Waals surface area contributed by atoms with Gasteiger partial charge in [0, 0.05) is 49.5 Å². The molecule has 2 saturated heterocycles. The van der Waals surface area contributed by atoms with Crippen LogP contribution in [0.4, 0.5) is 5.82 Å². The Morgan fingerprint density at radius 2 is 2.05 bits per heavy atom. The van der Waals surface area contributed by atoms with Gasteiger partial charge in [0.25, 0.3) is 5.91 Å². The van der Waals surface area contributed by atoms with Crippen molar-refractivity contribution in [2.24, 2.45) is 5.41 Å². The lowest BCUT2D eigenvalue weighted by Crippen LogP contribution is -2.41. The van der Waals surface area contributed by atoms with Gasteiger partial charge in [0.15, 0.2) is 0 Å². The lowest BCUT2D eigenvalue weighted by Gasteiger charge is -2.33. The molecule has 0 bridgehead atoms. The van der Waals surface area contributed by atoms with E-state index >= 15 is 0 Å². The summed E-state index contributed by atoms with van der Waals surface area (Å²) in [6, 6.07) is 6.16.